The number of nitriles is 1. The van der Waals surface area contributed by atoms with E-state index >= 15 is 0 Å². The molecule has 1 amide bonds. The number of amides is 1. The van der Waals surface area contributed by atoms with E-state index in [1.54, 1.807) is 37.3 Å². The first-order valence-corrected chi connectivity index (χ1v) is 8.53. The van der Waals surface area contributed by atoms with Gasteiger partial charge in [-0.25, -0.2) is 0 Å². The maximum atomic E-state index is 12.3. The molecule has 0 radical (unpaired) electrons. The van der Waals surface area contributed by atoms with Crippen molar-refractivity contribution in [3.8, 4) is 6.07 Å². The van der Waals surface area contributed by atoms with Gasteiger partial charge in [-0.15, -0.1) is 0 Å². The van der Waals surface area contributed by atoms with Gasteiger partial charge in [0.25, 0.3) is 5.91 Å². The second-order valence-electron chi connectivity index (χ2n) is 5.22. The Morgan fingerprint density at radius 3 is 2.19 bits per heavy atom. The zero-order valence-electron chi connectivity index (χ0n) is 13.9. The van der Waals surface area contributed by atoms with Crippen molar-refractivity contribution in [3.63, 3.8) is 0 Å². The molecule has 0 fully saturated rings. The van der Waals surface area contributed by atoms with E-state index in [1.165, 1.54) is 24.3 Å². The topological polar surface area (TPSA) is 96.3 Å². The van der Waals surface area contributed by atoms with Crippen LogP contribution in [0.3, 0.4) is 0 Å². The van der Waals surface area contributed by atoms with Crippen LogP contribution in [0.15, 0.2) is 53.0 Å². The lowest BCUT2D eigenvalue weighted by atomic mass is 9.99. The fourth-order valence-electron chi connectivity index (χ4n) is 2.13. The average Bonchev–Trinajstić information content (AvgIpc) is 2.63. The number of ketones is 1. The summed E-state index contributed by atoms with van der Waals surface area (Å²) < 4.78 is 5.59. The largest absolute Gasteiger partial charge is 0.465 e. The first-order chi connectivity index (χ1) is 12.5. The van der Waals surface area contributed by atoms with Gasteiger partial charge in [-0.1, -0.05) is 15.9 Å². The zero-order valence-corrected chi connectivity index (χ0v) is 15.4. The van der Waals surface area contributed by atoms with Crippen LogP contribution in [0.1, 0.15) is 27.6 Å². The molecule has 6 nitrogen and oxygen atoms in total. The average molecular weight is 415 g/mol. The fourth-order valence-corrected chi connectivity index (χ4v) is 2.40. The molecule has 7 heteroatoms. The van der Waals surface area contributed by atoms with Crippen molar-refractivity contribution in [1.82, 2.24) is 0 Å². The molecule has 0 heterocycles. The number of hydrogen-bond acceptors (Lipinski definition) is 5. The van der Waals surface area contributed by atoms with Crippen molar-refractivity contribution in [2.75, 3.05) is 11.9 Å². The van der Waals surface area contributed by atoms with Gasteiger partial charge < -0.3 is 10.1 Å². The summed E-state index contributed by atoms with van der Waals surface area (Å²) in [5, 5.41) is 11.7. The Morgan fingerprint density at radius 1 is 1.08 bits per heavy atom. The van der Waals surface area contributed by atoms with E-state index in [0.717, 1.165) is 4.47 Å². The van der Waals surface area contributed by atoms with Crippen LogP contribution < -0.4 is 5.32 Å². The molecule has 0 aliphatic carbocycles. The smallest absolute Gasteiger partial charge is 0.331 e. The van der Waals surface area contributed by atoms with E-state index in [-0.39, 0.29) is 18.1 Å². The molecule has 132 valence electrons. The molecular formula is C19H15BrN2O4. The van der Waals surface area contributed by atoms with Crippen molar-refractivity contribution >= 4 is 39.3 Å². The van der Waals surface area contributed by atoms with E-state index < -0.39 is 17.7 Å². The molecule has 1 N–H and O–H groups in total. The molecule has 0 aliphatic heterocycles. The van der Waals surface area contributed by atoms with E-state index in [9.17, 15) is 14.4 Å². The van der Waals surface area contributed by atoms with Crippen LogP contribution >= 0.6 is 15.9 Å². The highest BCUT2D eigenvalue weighted by Gasteiger charge is 2.28. The molecule has 1 unspecified atom stereocenters. The molecular weight excluding hydrogens is 400 g/mol. The maximum absolute atomic E-state index is 12.3. The van der Waals surface area contributed by atoms with E-state index in [0.29, 0.717) is 11.3 Å². The number of anilines is 1. The predicted octanol–water partition coefficient (Wildman–Crippen LogP) is 3.59. The Bertz CT molecular complexity index is 855. The van der Waals surface area contributed by atoms with Gasteiger partial charge in [-0.3, -0.25) is 14.4 Å². The van der Waals surface area contributed by atoms with Crippen molar-refractivity contribution in [3.05, 3.63) is 64.1 Å². The Balaban J connectivity index is 2.09. The van der Waals surface area contributed by atoms with Crippen LogP contribution in [0.4, 0.5) is 5.69 Å². The summed E-state index contributed by atoms with van der Waals surface area (Å²) in [4.78, 5) is 36.1. The van der Waals surface area contributed by atoms with Crippen molar-refractivity contribution in [1.29, 1.82) is 5.26 Å². The monoisotopic (exact) mass is 414 g/mol. The van der Waals surface area contributed by atoms with Crippen LogP contribution in [0.2, 0.25) is 0 Å². The molecule has 2 aromatic rings. The quantitative estimate of drug-likeness (QED) is 0.442. The summed E-state index contributed by atoms with van der Waals surface area (Å²) >= 11 is 3.30. The lowest BCUT2D eigenvalue weighted by molar-refractivity contribution is -0.144. The predicted molar refractivity (Wildman–Crippen MR) is 98.6 cm³/mol. The standard InChI is InChI=1S/C19H15BrN2O4/c1-2-26-19(25)16(11-21)17(23)12-5-9-15(10-6-12)22-18(24)13-3-7-14(20)8-4-13/h3-10,16H,2H2,1H3,(H,22,24). The number of hydrogen-bond donors (Lipinski definition) is 1. The van der Waals surface area contributed by atoms with Gasteiger partial charge in [0.05, 0.1) is 12.7 Å². The number of carbonyl (C=O) groups excluding carboxylic acids is 3. The van der Waals surface area contributed by atoms with Crippen molar-refractivity contribution in [2.45, 2.75) is 6.92 Å². The SMILES string of the molecule is CCOC(=O)C(C#N)C(=O)c1ccc(NC(=O)c2ccc(Br)cc2)cc1. The number of esters is 1. The van der Waals surface area contributed by atoms with Gasteiger partial charge in [0.1, 0.15) is 0 Å². The minimum absolute atomic E-state index is 0.0886. The van der Waals surface area contributed by atoms with Crippen LogP contribution in [0.5, 0.6) is 0 Å². The number of nitrogens with zero attached hydrogens (tertiary/aromatic N) is 1. The van der Waals surface area contributed by atoms with Gasteiger partial charge in [0.15, 0.2) is 5.78 Å². The van der Waals surface area contributed by atoms with E-state index in [2.05, 4.69) is 21.2 Å². The van der Waals surface area contributed by atoms with Gasteiger partial charge in [-0.05, 0) is 55.5 Å². The van der Waals surface area contributed by atoms with Crippen LogP contribution in [0.25, 0.3) is 0 Å². The molecule has 2 rings (SSSR count). The summed E-state index contributed by atoms with van der Waals surface area (Å²) in [5.41, 5.74) is 1.16. The number of halogens is 1. The molecule has 0 saturated carbocycles. The van der Waals surface area contributed by atoms with E-state index in [4.69, 9.17) is 10.00 Å². The zero-order chi connectivity index (χ0) is 19.1. The maximum Gasteiger partial charge on any atom is 0.331 e. The molecule has 0 aromatic heterocycles. The number of carbonyl (C=O) groups is 3. The summed E-state index contributed by atoms with van der Waals surface area (Å²) in [6.45, 7) is 1.69. The third-order valence-electron chi connectivity index (χ3n) is 3.45. The first kappa shape index (κ1) is 19.3. The molecule has 0 saturated heterocycles. The Kier molecular flexibility index (Phi) is 6.64. The molecule has 0 spiro atoms. The Hall–Kier alpha value is -2.98. The second kappa shape index (κ2) is 8.92. The molecule has 0 bridgehead atoms. The lowest BCUT2D eigenvalue weighted by Crippen LogP contribution is -2.25. The highest BCUT2D eigenvalue weighted by atomic mass is 79.9. The number of benzene rings is 2. The minimum atomic E-state index is -1.50. The number of rotatable bonds is 6. The number of Topliss-reactive ketones (excluding diaryl/α,β-unsaturated/α-hetero) is 1. The molecule has 26 heavy (non-hydrogen) atoms. The molecule has 0 aliphatic rings. The van der Waals surface area contributed by atoms with E-state index in [1.807, 2.05) is 0 Å². The summed E-state index contributed by atoms with van der Waals surface area (Å²) in [5.74, 6) is -3.31. The third-order valence-corrected chi connectivity index (χ3v) is 3.98. The minimum Gasteiger partial charge on any atom is -0.465 e. The van der Waals surface area contributed by atoms with Gasteiger partial charge in [0, 0.05) is 21.3 Å². The third kappa shape index (κ3) is 4.77. The number of nitrogens with one attached hydrogen (secondary N) is 1. The van der Waals surface area contributed by atoms with Crippen molar-refractivity contribution in [2.24, 2.45) is 5.92 Å². The van der Waals surface area contributed by atoms with Gasteiger partial charge in [-0.2, -0.15) is 5.26 Å². The number of ether oxygens (including phenoxy) is 1. The highest BCUT2D eigenvalue weighted by Crippen LogP contribution is 2.16. The summed E-state index contributed by atoms with van der Waals surface area (Å²) in [7, 11) is 0. The highest BCUT2D eigenvalue weighted by molar-refractivity contribution is 9.10. The van der Waals surface area contributed by atoms with Crippen LogP contribution in [-0.4, -0.2) is 24.3 Å². The second-order valence-corrected chi connectivity index (χ2v) is 6.13. The summed E-state index contributed by atoms with van der Waals surface area (Å²) in [6, 6.07) is 14.5. The van der Waals surface area contributed by atoms with Gasteiger partial charge in [0.2, 0.25) is 5.92 Å². The first-order valence-electron chi connectivity index (χ1n) is 7.73. The van der Waals surface area contributed by atoms with Crippen molar-refractivity contribution < 1.29 is 19.1 Å². The normalized spacial score (nSPS) is 11.1. The van der Waals surface area contributed by atoms with Crippen LogP contribution in [-0.2, 0) is 9.53 Å². The molecule has 2 aromatic carbocycles. The lowest BCUT2D eigenvalue weighted by Gasteiger charge is -2.09. The van der Waals surface area contributed by atoms with Crippen LogP contribution in [0, 0.1) is 17.2 Å². The Labute approximate surface area is 158 Å². The fraction of sp³-hybridized carbons (Fsp3) is 0.158. The summed E-state index contributed by atoms with van der Waals surface area (Å²) in [6.07, 6.45) is 0. The molecule has 1 atom stereocenters. The van der Waals surface area contributed by atoms with Gasteiger partial charge >= 0.3 is 5.97 Å². The Morgan fingerprint density at radius 2 is 1.65 bits per heavy atom.